The molecule has 2 aliphatic rings. The molecular formula is C11H15NO2. The SMILES string of the molecule is c1cc2c(o1)C1(CCCOC1)CNC2. The molecule has 3 rings (SSSR count). The van der Waals surface area contributed by atoms with E-state index < -0.39 is 0 Å². The van der Waals surface area contributed by atoms with Crippen LogP contribution in [0.5, 0.6) is 0 Å². The first kappa shape index (κ1) is 8.50. The third-order valence-corrected chi connectivity index (χ3v) is 3.33. The predicted octanol–water partition coefficient (Wildman–Crippen LogP) is 1.43. The van der Waals surface area contributed by atoms with E-state index in [9.17, 15) is 0 Å². The lowest BCUT2D eigenvalue weighted by atomic mass is 9.77. The first-order valence-corrected chi connectivity index (χ1v) is 5.26. The van der Waals surface area contributed by atoms with Crippen molar-refractivity contribution in [2.24, 2.45) is 0 Å². The zero-order valence-corrected chi connectivity index (χ0v) is 8.21. The maximum Gasteiger partial charge on any atom is 0.117 e. The van der Waals surface area contributed by atoms with Gasteiger partial charge in [0.2, 0.25) is 0 Å². The molecule has 1 fully saturated rings. The number of hydrogen-bond donors (Lipinski definition) is 1. The summed E-state index contributed by atoms with van der Waals surface area (Å²) in [6.07, 6.45) is 4.12. The van der Waals surface area contributed by atoms with Crippen molar-refractivity contribution >= 4 is 0 Å². The molecule has 0 saturated carbocycles. The van der Waals surface area contributed by atoms with Crippen molar-refractivity contribution in [2.75, 3.05) is 19.8 Å². The van der Waals surface area contributed by atoms with Gasteiger partial charge in [-0.3, -0.25) is 0 Å². The third kappa shape index (κ3) is 1.12. The van der Waals surface area contributed by atoms with Crippen LogP contribution in [0.4, 0.5) is 0 Å². The van der Waals surface area contributed by atoms with Gasteiger partial charge in [-0.2, -0.15) is 0 Å². The van der Waals surface area contributed by atoms with Gasteiger partial charge in [0, 0.05) is 25.3 Å². The van der Waals surface area contributed by atoms with Crippen molar-refractivity contribution < 1.29 is 9.15 Å². The first-order valence-electron chi connectivity index (χ1n) is 5.26. The van der Waals surface area contributed by atoms with E-state index in [1.807, 2.05) is 0 Å². The van der Waals surface area contributed by atoms with Crippen molar-refractivity contribution in [3.8, 4) is 0 Å². The molecule has 1 atom stereocenters. The number of rotatable bonds is 0. The summed E-state index contributed by atoms with van der Waals surface area (Å²) in [7, 11) is 0. The van der Waals surface area contributed by atoms with Crippen LogP contribution in [0.15, 0.2) is 16.7 Å². The van der Waals surface area contributed by atoms with Crippen molar-refractivity contribution in [1.29, 1.82) is 0 Å². The monoisotopic (exact) mass is 193 g/mol. The van der Waals surface area contributed by atoms with Gasteiger partial charge in [-0.05, 0) is 18.9 Å². The van der Waals surface area contributed by atoms with Gasteiger partial charge in [0.25, 0.3) is 0 Å². The van der Waals surface area contributed by atoms with Crippen molar-refractivity contribution in [2.45, 2.75) is 24.8 Å². The van der Waals surface area contributed by atoms with E-state index in [1.165, 1.54) is 12.0 Å². The van der Waals surface area contributed by atoms with E-state index in [-0.39, 0.29) is 5.41 Å². The molecule has 1 unspecified atom stereocenters. The Kier molecular flexibility index (Phi) is 1.89. The molecule has 1 saturated heterocycles. The standard InChI is InChI=1S/C11H15NO2/c1-3-11(8-13-4-1)7-12-6-9-2-5-14-10(9)11/h2,5,12H,1,3-4,6-8H2. The summed E-state index contributed by atoms with van der Waals surface area (Å²) >= 11 is 0. The molecule has 1 aromatic heterocycles. The van der Waals surface area contributed by atoms with Crippen LogP contribution in [-0.4, -0.2) is 19.8 Å². The number of ether oxygens (including phenoxy) is 1. The van der Waals surface area contributed by atoms with Crippen LogP contribution in [0, 0.1) is 0 Å². The summed E-state index contributed by atoms with van der Waals surface area (Å²) in [5, 5.41) is 3.45. The molecular weight excluding hydrogens is 178 g/mol. The summed E-state index contributed by atoms with van der Waals surface area (Å²) in [5.74, 6) is 1.16. The fourth-order valence-electron chi connectivity index (χ4n) is 2.63. The quantitative estimate of drug-likeness (QED) is 0.677. The highest BCUT2D eigenvalue weighted by Crippen LogP contribution is 2.37. The smallest absolute Gasteiger partial charge is 0.117 e. The van der Waals surface area contributed by atoms with Gasteiger partial charge in [0.1, 0.15) is 5.76 Å². The number of fused-ring (bicyclic) bond motifs is 2. The molecule has 1 aromatic rings. The van der Waals surface area contributed by atoms with Gasteiger partial charge in [-0.1, -0.05) is 0 Å². The van der Waals surface area contributed by atoms with E-state index in [0.29, 0.717) is 0 Å². The van der Waals surface area contributed by atoms with E-state index in [4.69, 9.17) is 9.15 Å². The van der Waals surface area contributed by atoms with Crippen molar-refractivity contribution in [3.05, 3.63) is 23.7 Å². The van der Waals surface area contributed by atoms with Gasteiger partial charge >= 0.3 is 0 Å². The lowest BCUT2D eigenvalue weighted by molar-refractivity contribution is 0.0209. The van der Waals surface area contributed by atoms with Crippen LogP contribution >= 0.6 is 0 Å². The molecule has 14 heavy (non-hydrogen) atoms. The normalized spacial score (nSPS) is 31.7. The minimum atomic E-state index is 0.120. The van der Waals surface area contributed by atoms with Crippen LogP contribution in [0.25, 0.3) is 0 Å². The lowest BCUT2D eigenvalue weighted by Crippen LogP contribution is -2.48. The van der Waals surface area contributed by atoms with Crippen molar-refractivity contribution in [3.63, 3.8) is 0 Å². The van der Waals surface area contributed by atoms with Crippen LogP contribution in [-0.2, 0) is 16.7 Å². The zero-order chi connectivity index (χ0) is 9.43. The second-order valence-corrected chi connectivity index (χ2v) is 4.31. The molecule has 3 nitrogen and oxygen atoms in total. The maximum atomic E-state index is 5.63. The Labute approximate surface area is 83.4 Å². The van der Waals surface area contributed by atoms with E-state index in [0.717, 1.165) is 38.5 Å². The summed E-state index contributed by atoms with van der Waals surface area (Å²) in [6, 6.07) is 2.07. The second kappa shape index (κ2) is 3.11. The maximum absolute atomic E-state index is 5.63. The van der Waals surface area contributed by atoms with Gasteiger partial charge in [-0.25, -0.2) is 0 Å². The molecule has 3 heterocycles. The largest absolute Gasteiger partial charge is 0.468 e. The number of furan rings is 1. The summed E-state index contributed by atoms with van der Waals surface area (Å²) in [4.78, 5) is 0. The first-order chi connectivity index (χ1) is 6.91. The Bertz CT molecular complexity index is 326. The van der Waals surface area contributed by atoms with E-state index in [2.05, 4.69) is 11.4 Å². The summed E-state index contributed by atoms with van der Waals surface area (Å²) in [6.45, 7) is 3.64. The van der Waals surface area contributed by atoms with Gasteiger partial charge in [0.05, 0.1) is 18.3 Å². The predicted molar refractivity (Wildman–Crippen MR) is 52.1 cm³/mol. The topological polar surface area (TPSA) is 34.4 Å². The van der Waals surface area contributed by atoms with Crippen LogP contribution in [0.3, 0.4) is 0 Å². The Hall–Kier alpha value is -0.800. The number of hydrogen-bond acceptors (Lipinski definition) is 3. The molecule has 0 amide bonds. The van der Waals surface area contributed by atoms with Gasteiger partial charge < -0.3 is 14.5 Å². The highest BCUT2D eigenvalue weighted by atomic mass is 16.5. The van der Waals surface area contributed by atoms with E-state index >= 15 is 0 Å². The van der Waals surface area contributed by atoms with Crippen molar-refractivity contribution in [1.82, 2.24) is 5.32 Å². The van der Waals surface area contributed by atoms with Crippen LogP contribution < -0.4 is 5.32 Å². The summed E-state index contributed by atoms with van der Waals surface area (Å²) < 4.78 is 11.2. The van der Waals surface area contributed by atoms with E-state index in [1.54, 1.807) is 6.26 Å². The second-order valence-electron chi connectivity index (χ2n) is 4.31. The Morgan fingerprint density at radius 1 is 1.43 bits per heavy atom. The number of nitrogens with one attached hydrogen (secondary N) is 1. The molecule has 1 spiro atoms. The highest BCUT2D eigenvalue weighted by Gasteiger charge is 2.41. The lowest BCUT2D eigenvalue weighted by Gasteiger charge is -2.38. The Balaban J connectivity index is 2.01. The molecule has 1 N–H and O–H groups in total. The molecule has 0 radical (unpaired) electrons. The summed E-state index contributed by atoms with van der Waals surface area (Å²) in [5.41, 5.74) is 1.43. The minimum Gasteiger partial charge on any atom is -0.468 e. The minimum absolute atomic E-state index is 0.120. The van der Waals surface area contributed by atoms with Gasteiger partial charge in [-0.15, -0.1) is 0 Å². The fraction of sp³-hybridized carbons (Fsp3) is 0.636. The molecule has 2 aliphatic heterocycles. The average molecular weight is 193 g/mol. The molecule has 0 aromatic carbocycles. The van der Waals surface area contributed by atoms with Gasteiger partial charge in [0.15, 0.2) is 0 Å². The third-order valence-electron chi connectivity index (χ3n) is 3.33. The van der Waals surface area contributed by atoms with Crippen LogP contribution in [0.1, 0.15) is 24.2 Å². The Morgan fingerprint density at radius 3 is 3.29 bits per heavy atom. The average Bonchev–Trinajstić information content (AvgIpc) is 2.69. The fourth-order valence-corrected chi connectivity index (χ4v) is 2.63. The van der Waals surface area contributed by atoms with Crippen LogP contribution in [0.2, 0.25) is 0 Å². The Morgan fingerprint density at radius 2 is 2.43 bits per heavy atom. The molecule has 0 bridgehead atoms. The molecule has 76 valence electrons. The molecule has 0 aliphatic carbocycles. The molecule has 3 heteroatoms. The zero-order valence-electron chi connectivity index (χ0n) is 8.21. The highest BCUT2D eigenvalue weighted by molar-refractivity contribution is 5.29.